The van der Waals surface area contributed by atoms with Gasteiger partial charge >= 0.3 is 12.1 Å². The first-order chi connectivity index (χ1) is 3.46. The van der Waals surface area contributed by atoms with Crippen LogP contribution >= 0.6 is 0 Å². The summed E-state index contributed by atoms with van der Waals surface area (Å²) in [6.07, 6.45) is -4.84. The predicted molar refractivity (Wildman–Crippen MR) is 13.2 cm³/mol. The van der Waals surface area contributed by atoms with Gasteiger partial charge in [0.05, 0.1) is 0 Å². The minimum absolute atomic E-state index is 0. The molecule has 1 fully saturated rings. The maximum absolute atomic E-state index is 11.1. The van der Waals surface area contributed by atoms with E-state index in [4.69, 9.17) is 5.11 Å². The van der Waals surface area contributed by atoms with Crippen molar-refractivity contribution in [3.63, 3.8) is 0 Å². The van der Waals surface area contributed by atoms with Gasteiger partial charge in [0.2, 0.25) is 0 Å². The fourth-order valence-corrected chi connectivity index (χ4v) is 0.134. The molecule has 0 saturated carbocycles. The van der Waals surface area contributed by atoms with Crippen LogP contribution in [0.15, 0.2) is 0 Å². The zero-order valence-corrected chi connectivity index (χ0v) is 5.38. The van der Waals surface area contributed by atoms with E-state index in [0.29, 0.717) is 0 Å². The van der Waals surface area contributed by atoms with Crippen LogP contribution in [-0.2, 0) is 9.78 Å². The Morgan fingerprint density at radius 1 is 1.22 bits per heavy atom. The Kier molecular flexibility index (Phi) is 3.02. The molecular formula is C2HF3O3Yb. The SMILES string of the molecule is OC1(C(F)(F)F)OO1.[Yb]. The van der Waals surface area contributed by atoms with Crippen molar-refractivity contribution < 1.29 is 75.0 Å². The van der Waals surface area contributed by atoms with Crippen molar-refractivity contribution in [1.29, 1.82) is 0 Å². The molecule has 3 nitrogen and oxygen atoms in total. The van der Waals surface area contributed by atoms with Crippen LogP contribution < -0.4 is 0 Å². The molecule has 0 aromatic heterocycles. The summed E-state index contributed by atoms with van der Waals surface area (Å²) in [4.78, 5) is 6.38. The van der Waals surface area contributed by atoms with Crippen molar-refractivity contribution in [1.82, 2.24) is 0 Å². The first-order valence-corrected chi connectivity index (χ1v) is 1.62. The molecule has 0 aromatic rings. The maximum Gasteiger partial charge on any atom is 0.478 e. The molecule has 1 rings (SSSR count). The van der Waals surface area contributed by atoms with Crippen molar-refractivity contribution in [2.45, 2.75) is 12.1 Å². The summed E-state index contributed by atoms with van der Waals surface area (Å²) in [6, 6.07) is 0. The Morgan fingerprint density at radius 2 is 1.56 bits per heavy atom. The maximum atomic E-state index is 11.1. The molecule has 1 aliphatic rings. The largest absolute Gasteiger partial charge is 0.478 e. The topological polar surface area (TPSA) is 45.3 Å². The van der Waals surface area contributed by atoms with Gasteiger partial charge in [-0.3, -0.25) is 0 Å². The van der Waals surface area contributed by atoms with Crippen LogP contribution in [0.4, 0.5) is 13.2 Å². The van der Waals surface area contributed by atoms with Crippen LogP contribution in [0.25, 0.3) is 0 Å². The summed E-state index contributed by atoms with van der Waals surface area (Å²) in [6.45, 7) is 0. The van der Waals surface area contributed by atoms with E-state index in [-0.39, 0.29) is 46.9 Å². The average molecular weight is 303 g/mol. The standard InChI is InChI=1S/C2HF3O3.Yb/c3-1(4,5)2(6)7-8-2;/h6H;. The molecule has 1 N–H and O–H groups in total. The zero-order valence-electron chi connectivity index (χ0n) is 3.66. The van der Waals surface area contributed by atoms with E-state index < -0.39 is 12.1 Å². The van der Waals surface area contributed by atoms with Crippen molar-refractivity contribution in [3.8, 4) is 0 Å². The second-order valence-electron chi connectivity index (χ2n) is 1.25. The van der Waals surface area contributed by atoms with Crippen LogP contribution in [0.1, 0.15) is 0 Å². The second kappa shape index (κ2) is 2.67. The molecule has 1 saturated heterocycles. The monoisotopic (exact) mass is 304 g/mol. The van der Waals surface area contributed by atoms with Gasteiger partial charge in [0, 0.05) is 46.9 Å². The molecule has 9 heavy (non-hydrogen) atoms. The van der Waals surface area contributed by atoms with Crippen LogP contribution in [0.3, 0.4) is 0 Å². The first-order valence-electron chi connectivity index (χ1n) is 1.62. The Labute approximate surface area is 86.3 Å². The molecule has 0 aliphatic carbocycles. The van der Waals surface area contributed by atoms with Gasteiger partial charge in [0.1, 0.15) is 0 Å². The minimum atomic E-state index is -4.84. The summed E-state index contributed by atoms with van der Waals surface area (Å²) in [5, 5.41) is 7.90. The van der Waals surface area contributed by atoms with E-state index in [1.807, 2.05) is 0 Å². The molecule has 0 bridgehead atoms. The molecule has 0 radical (unpaired) electrons. The van der Waals surface area contributed by atoms with Gasteiger partial charge < -0.3 is 5.11 Å². The molecule has 0 aromatic carbocycles. The molecule has 0 unspecified atom stereocenters. The fraction of sp³-hybridized carbons (Fsp3) is 1.00. The van der Waals surface area contributed by atoms with E-state index >= 15 is 0 Å². The Morgan fingerprint density at radius 3 is 1.56 bits per heavy atom. The van der Waals surface area contributed by atoms with Crippen molar-refractivity contribution in [2.24, 2.45) is 0 Å². The van der Waals surface area contributed by atoms with Crippen LogP contribution in [0.5, 0.6) is 0 Å². The second-order valence-corrected chi connectivity index (χ2v) is 1.25. The van der Waals surface area contributed by atoms with Gasteiger partial charge in [-0.15, -0.1) is 0 Å². The molecule has 1 aliphatic heterocycles. The smallest absolute Gasteiger partial charge is 0.332 e. The predicted octanol–water partition coefficient (Wildman–Crippen LogP) is 0.157. The summed E-state index contributed by atoms with van der Waals surface area (Å²) in [5.74, 6) is -3.31. The number of hydrogen-bond acceptors (Lipinski definition) is 3. The fourth-order valence-electron chi connectivity index (χ4n) is 0.134. The molecule has 7 heteroatoms. The van der Waals surface area contributed by atoms with Gasteiger partial charge in [-0.1, -0.05) is 0 Å². The minimum Gasteiger partial charge on any atom is -0.332 e. The molecule has 0 spiro atoms. The van der Waals surface area contributed by atoms with E-state index in [1.54, 1.807) is 0 Å². The Balaban J connectivity index is 0.000000640. The van der Waals surface area contributed by atoms with Gasteiger partial charge in [0.25, 0.3) is 0 Å². The third kappa shape index (κ3) is 2.06. The van der Waals surface area contributed by atoms with E-state index in [2.05, 4.69) is 9.78 Å². The van der Waals surface area contributed by atoms with E-state index in [0.717, 1.165) is 0 Å². The van der Waals surface area contributed by atoms with Crippen LogP contribution in [0.2, 0.25) is 0 Å². The summed E-state index contributed by atoms with van der Waals surface area (Å²) in [5.41, 5.74) is 0. The van der Waals surface area contributed by atoms with Crippen molar-refractivity contribution >= 4 is 0 Å². The molecule has 1 heterocycles. The molecule has 0 amide bonds. The number of alkyl halides is 3. The normalized spacial score (nSPS) is 22.7. The third-order valence-electron chi connectivity index (χ3n) is 0.599. The number of aliphatic hydroxyl groups is 1. The van der Waals surface area contributed by atoms with Crippen LogP contribution in [0, 0.1) is 46.9 Å². The number of hydrogen-bond donors (Lipinski definition) is 1. The average Bonchev–Trinajstić information content (AvgIpc) is 2.16. The first kappa shape index (κ1) is 10.2. The third-order valence-corrected chi connectivity index (χ3v) is 0.599. The summed E-state index contributed by atoms with van der Waals surface area (Å²) < 4.78 is 33.4. The van der Waals surface area contributed by atoms with Gasteiger partial charge in [-0.25, -0.2) is 0 Å². The van der Waals surface area contributed by atoms with Crippen LogP contribution in [-0.4, -0.2) is 17.3 Å². The number of halogens is 3. The Bertz CT molecular complexity index is 105. The van der Waals surface area contributed by atoms with E-state index in [9.17, 15) is 13.2 Å². The molecule has 62 valence electrons. The molecular weight excluding hydrogens is 302 g/mol. The van der Waals surface area contributed by atoms with E-state index in [1.165, 1.54) is 0 Å². The van der Waals surface area contributed by atoms with Gasteiger partial charge in [-0.05, 0) is 0 Å². The number of rotatable bonds is 0. The van der Waals surface area contributed by atoms with Crippen molar-refractivity contribution in [2.75, 3.05) is 0 Å². The summed E-state index contributed by atoms with van der Waals surface area (Å²) >= 11 is 0. The van der Waals surface area contributed by atoms with Crippen molar-refractivity contribution in [3.05, 3.63) is 0 Å². The quantitative estimate of drug-likeness (QED) is 0.512. The zero-order chi connectivity index (χ0) is 6.41. The molecule has 0 atom stereocenters. The van der Waals surface area contributed by atoms with Gasteiger partial charge in [-0.2, -0.15) is 22.9 Å². The van der Waals surface area contributed by atoms with Gasteiger partial charge in [0.15, 0.2) is 0 Å². The Hall–Kier alpha value is 1.19. The summed E-state index contributed by atoms with van der Waals surface area (Å²) in [7, 11) is 0.